The molecule has 0 unspecified atom stereocenters. The quantitative estimate of drug-likeness (QED) is 0.0643. The normalized spacial score (nSPS) is 11.1. The van der Waals surface area contributed by atoms with Crippen LogP contribution in [0, 0.1) is 40.8 Å². The van der Waals surface area contributed by atoms with Crippen LogP contribution in [0.15, 0.2) is 73.3 Å². The van der Waals surface area contributed by atoms with Gasteiger partial charge in [-0.05, 0) is 94.0 Å². The number of ether oxygens (including phenoxy) is 4. The van der Waals surface area contributed by atoms with E-state index >= 15 is 0 Å². The zero-order chi connectivity index (χ0) is 33.9. The predicted octanol–water partition coefficient (Wildman–Crippen LogP) is 10.5. The van der Waals surface area contributed by atoms with Crippen molar-refractivity contribution in [3.8, 4) is 45.3 Å². The highest BCUT2D eigenvalue weighted by Gasteiger charge is 2.20. The molecule has 4 aromatic carbocycles. The van der Waals surface area contributed by atoms with Crippen molar-refractivity contribution in [1.29, 1.82) is 0 Å². The van der Waals surface area contributed by atoms with Gasteiger partial charge in [0, 0.05) is 34.4 Å². The summed E-state index contributed by atoms with van der Waals surface area (Å²) in [6.45, 7) is 8.11. The Morgan fingerprint density at radius 2 is 0.957 bits per heavy atom. The molecular weight excluding hydrogens is 622 g/mol. The van der Waals surface area contributed by atoms with E-state index in [4.69, 9.17) is 18.9 Å². The van der Waals surface area contributed by atoms with Crippen LogP contribution in [0.25, 0.3) is 22.3 Å². The zero-order valence-corrected chi connectivity index (χ0v) is 26.2. The minimum Gasteiger partial charge on any atom is -0.493 e. The molecule has 0 spiro atoms. The van der Waals surface area contributed by atoms with Gasteiger partial charge in [-0.3, -0.25) is 0 Å². The summed E-state index contributed by atoms with van der Waals surface area (Å²) in [6.07, 6.45) is 4.62. The highest BCUT2D eigenvalue weighted by atomic mass is 19.2. The van der Waals surface area contributed by atoms with Gasteiger partial charge in [-0.15, -0.1) is 6.58 Å². The molecule has 0 aromatic heterocycles. The Labute approximate surface area is 270 Å². The maximum atomic E-state index is 14.8. The van der Waals surface area contributed by atoms with Gasteiger partial charge in [-0.2, -0.15) is 8.78 Å². The Morgan fingerprint density at radius 3 is 1.32 bits per heavy atom. The SMILES string of the molecule is C=CC(CCCOc1ccc(-c2ccc(OCC)c(F)c2F)c(F)c1)CCCOc1ccc(-c2ccc(OCC)c(F)c2F)c(F)c1. The molecule has 0 fully saturated rings. The van der Waals surface area contributed by atoms with E-state index in [1.807, 2.05) is 6.08 Å². The average Bonchev–Trinajstić information content (AvgIpc) is 3.06. The Bertz CT molecular complexity index is 1560. The Balaban J connectivity index is 1.21. The molecular formula is C37H36F6O4. The summed E-state index contributed by atoms with van der Waals surface area (Å²) in [4.78, 5) is 0. The Hall–Kier alpha value is -4.60. The van der Waals surface area contributed by atoms with Crippen LogP contribution in [0.3, 0.4) is 0 Å². The number of halogens is 6. The van der Waals surface area contributed by atoms with Gasteiger partial charge in [-0.25, -0.2) is 17.6 Å². The molecule has 0 amide bonds. The van der Waals surface area contributed by atoms with E-state index in [1.54, 1.807) is 13.8 Å². The first kappa shape index (κ1) is 35.3. The zero-order valence-electron chi connectivity index (χ0n) is 26.2. The van der Waals surface area contributed by atoms with Crippen molar-refractivity contribution in [1.82, 2.24) is 0 Å². The molecule has 0 saturated heterocycles. The highest BCUT2D eigenvalue weighted by molar-refractivity contribution is 5.68. The van der Waals surface area contributed by atoms with Gasteiger partial charge in [0.25, 0.3) is 0 Å². The minimum absolute atomic E-state index is 0.0960. The van der Waals surface area contributed by atoms with Crippen molar-refractivity contribution in [2.45, 2.75) is 39.5 Å². The van der Waals surface area contributed by atoms with Crippen LogP contribution in [0.5, 0.6) is 23.0 Å². The summed E-state index contributed by atoms with van der Waals surface area (Å²) in [5, 5.41) is 0. The monoisotopic (exact) mass is 658 g/mol. The number of rotatable bonds is 17. The summed E-state index contributed by atoms with van der Waals surface area (Å²) >= 11 is 0. The molecule has 4 aromatic rings. The minimum atomic E-state index is -1.19. The van der Waals surface area contributed by atoms with Crippen LogP contribution in [0.4, 0.5) is 26.3 Å². The fourth-order valence-electron chi connectivity index (χ4n) is 5.07. The Kier molecular flexibility index (Phi) is 12.6. The lowest BCUT2D eigenvalue weighted by molar-refractivity contribution is 0.280. The fraction of sp³-hybridized carbons (Fsp3) is 0.297. The molecule has 0 radical (unpaired) electrons. The smallest absolute Gasteiger partial charge is 0.201 e. The van der Waals surface area contributed by atoms with Crippen LogP contribution < -0.4 is 18.9 Å². The molecule has 0 aliphatic rings. The number of hydrogen-bond donors (Lipinski definition) is 0. The summed E-state index contributed by atoms with van der Waals surface area (Å²) in [5.74, 6) is -6.03. The molecule has 0 bridgehead atoms. The van der Waals surface area contributed by atoms with Crippen molar-refractivity contribution < 1.29 is 45.3 Å². The Morgan fingerprint density at radius 1 is 0.553 bits per heavy atom. The van der Waals surface area contributed by atoms with Gasteiger partial charge in [0.1, 0.15) is 23.1 Å². The van der Waals surface area contributed by atoms with E-state index in [1.165, 1.54) is 48.5 Å². The summed E-state index contributed by atoms with van der Waals surface area (Å²) in [7, 11) is 0. The van der Waals surface area contributed by atoms with Crippen LogP contribution in [0.1, 0.15) is 39.5 Å². The standard InChI is InChI=1S/C37H36F6O4/c1-4-23(9-7-19-46-24-11-13-26(30(38)21-24)28-15-17-32(44-5-2)36(42)34(28)40)10-8-20-47-25-12-14-27(31(39)22-25)29-16-18-33(45-6-3)37(43)35(29)41/h4,11-18,21-23H,1,5-10,19-20H2,2-3H3. The molecule has 0 aliphatic carbocycles. The second-order valence-electron chi connectivity index (χ2n) is 10.6. The van der Waals surface area contributed by atoms with Crippen molar-refractivity contribution in [2.24, 2.45) is 5.92 Å². The largest absolute Gasteiger partial charge is 0.493 e. The number of hydrogen-bond acceptors (Lipinski definition) is 4. The summed E-state index contributed by atoms with van der Waals surface area (Å²) < 4.78 is 109. The molecule has 4 rings (SSSR count). The molecule has 47 heavy (non-hydrogen) atoms. The van der Waals surface area contributed by atoms with E-state index in [-0.39, 0.29) is 64.4 Å². The summed E-state index contributed by atoms with van der Waals surface area (Å²) in [5.41, 5.74) is -0.625. The first-order valence-electron chi connectivity index (χ1n) is 15.4. The van der Waals surface area contributed by atoms with Crippen molar-refractivity contribution >= 4 is 0 Å². The van der Waals surface area contributed by atoms with Gasteiger partial charge >= 0.3 is 0 Å². The third-order valence-electron chi connectivity index (χ3n) is 7.46. The third-order valence-corrected chi connectivity index (χ3v) is 7.46. The van der Waals surface area contributed by atoms with E-state index in [9.17, 15) is 26.3 Å². The molecule has 10 heteroatoms. The highest BCUT2D eigenvalue weighted by Crippen LogP contribution is 2.34. The van der Waals surface area contributed by atoms with Gasteiger partial charge in [-0.1, -0.05) is 6.08 Å². The van der Waals surface area contributed by atoms with Crippen molar-refractivity contribution in [3.63, 3.8) is 0 Å². The lowest BCUT2D eigenvalue weighted by Gasteiger charge is -2.14. The van der Waals surface area contributed by atoms with E-state index < -0.39 is 34.9 Å². The first-order valence-corrected chi connectivity index (χ1v) is 15.4. The van der Waals surface area contributed by atoms with Crippen molar-refractivity contribution in [2.75, 3.05) is 26.4 Å². The molecule has 0 aliphatic heterocycles. The van der Waals surface area contributed by atoms with Gasteiger partial charge in [0.2, 0.25) is 11.6 Å². The lowest BCUT2D eigenvalue weighted by atomic mass is 9.98. The topological polar surface area (TPSA) is 36.9 Å². The summed E-state index contributed by atoms with van der Waals surface area (Å²) in [6, 6.07) is 13.0. The van der Waals surface area contributed by atoms with E-state index in [0.717, 1.165) is 25.0 Å². The van der Waals surface area contributed by atoms with E-state index in [2.05, 4.69) is 6.58 Å². The van der Waals surface area contributed by atoms with Crippen LogP contribution in [-0.4, -0.2) is 26.4 Å². The number of allylic oxidation sites excluding steroid dienone is 1. The molecule has 0 atom stereocenters. The van der Waals surface area contributed by atoms with E-state index in [0.29, 0.717) is 26.1 Å². The molecule has 0 saturated carbocycles. The van der Waals surface area contributed by atoms with Crippen LogP contribution in [0.2, 0.25) is 0 Å². The van der Waals surface area contributed by atoms with Gasteiger partial charge in [0.15, 0.2) is 23.1 Å². The maximum Gasteiger partial charge on any atom is 0.201 e. The third kappa shape index (κ3) is 8.81. The predicted molar refractivity (Wildman–Crippen MR) is 169 cm³/mol. The van der Waals surface area contributed by atoms with Crippen molar-refractivity contribution in [3.05, 3.63) is 108 Å². The lowest BCUT2D eigenvalue weighted by Crippen LogP contribution is -2.05. The fourth-order valence-corrected chi connectivity index (χ4v) is 5.07. The van der Waals surface area contributed by atoms with Crippen LogP contribution >= 0.6 is 0 Å². The number of benzene rings is 4. The first-order chi connectivity index (χ1) is 22.7. The second-order valence-corrected chi connectivity index (χ2v) is 10.6. The molecule has 4 nitrogen and oxygen atoms in total. The van der Waals surface area contributed by atoms with Gasteiger partial charge < -0.3 is 18.9 Å². The maximum absolute atomic E-state index is 14.8. The van der Waals surface area contributed by atoms with Crippen LogP contribution in [-0.2, 0) is 0 Å². The van der Waals surface area contributed by atoms with Gasteiger partial charge in [0.05, 0.1) is 26.4 Å². The molecule has 0 heterocycles. The molecule has 250 valence electrons. The average molecular weight is 659 g/mol. The molecule has 0 N–H and O–H groups in total. The second kappa shape index (κ2) is 16.8.